The first-order valence-electron chi connectivity index (χ1n) is 6.22. The Morgan fingerprint density at radius 1 is 1.39 bits per heavy atom. The van der Waals surface area contributed by atoms with Crippen LogP contribution in [-0.2, 0) is 20.5 Å². The molecule has 2 atom stereocenters. The van der Waals surface area contributed by atoms with E-state index < -0.39 is 10.0 Å². The van der Waals surface area contributed by atoms with E-state index in [1.165, 1.54) is 0 Å². The molecule has 100 valence electrons. The van der Waals surface area contributed by atoms with Crippen LogP contribution >= 0.6 is 0 Å². The maximum atomic E-state index is 12.0. The van der Waals surface area contributed by atoms with Crippen molar-refractivity contribution in [2.45, 2.75) is 37.7 Å². The third kappa shape index (κ3) is 3.80. The molecule has 1 heterocycles. The van der Waals surface area contributed by atoms with Gasteiger partial charge in [0.05, 0.1) is 11.9 Å². The Kier molecular flexibility index (Phi) is 4.37. The van der Waals surface area contributed by atoms with E-state index in [9.17, 15) is 8.42 Å². The van der Waals surface area contributed by atoms with Gasteiger partial charge < -0.3 is 4.74 Å². The Bertz CT molecular complexity index is 466. The van der Waals surface area contributed by atoms with Crippen molar-refractivity contribution in [1.29, 1.82) is 0 Å². The number of nitrogens with one attached hydrogen (secondary N) is 1. The van der Waals surface area contributed by atoms with Gasteiger partial charge >= 0.3 is 0 Å². The zero-order valence-electron chi connectivity index (χ0n) is 10.5. The Labute approximate surface area is 108 Å². The summed E-state index contributed by atoms with van der Waals surface area (Å²) >= 11 is 0. The van der Waals surface area contributed by atoms with Crippen LogP contribution in [0.2, 0.25) is 0 Å². The van der Waals surface area contributed by atoms with Gasteiger partial charge in [0.25, 0.3) is 0 Å². The highest BCUT2D eigenvalue weighted by molar-refractivity contribution is 7.88. The lowest BCUT2D eigenvalue weighted by Gasteiger charge is -2.19. The standard InChI is InChI=1S/C13H19NO3S/c1-11(13-8-5-9-17-13)14-18(15,16)10-12-6-3-2-4-7-12/h2-4,6-7,11,13-14H,5,8-10H2,1H3. The van der Waals surface area contributed by atoms with Crippen molar-refractivity contribution in [2.75, 3.05) is 6.61 Å². The molecule has 1 fully saturated rings. The van der Waals surface area contributed by atoms with Gasteiger partial charge in [-0.15, -0.1) is 0 Å². The van der Waals surface area contributed by atoms with E-state index >= 15 is 0 Å². The normalized spacial score (nSPS) is 21.9. The molecular formula is C13H19NO3S. The molecule has 5 heteroatoms. The maximum Gasteiger partial charge on any atom is 0.216 e. The first-order chi connectivity index (χ1) is 8.57. The summed E-state index contributed by atoms with van der Waals surface area (Å²) in [6.07, 6.45) is 1.94. The number of hydrogen-bond donors (Lipinski definition) is 1. The fourth-order valence-electron chi connectivity index (χ4n) is 2.19. The molecule has 2 rings (SSSR count). The van der Waals surface area contributed by atoms with Crippen LogP contribution in [0.1, 0.15) is 25.3 Å². The van der Waals surface area contributed by atoms with Gasteiger partial charge in [0.2, 0.25) is 10.0 Å². The van der Waals surface area contributed by atoms with E-state index in [2.05, 4.69) is 4.72 Å². The summed E-state index contributed by atoms with van der Waals surface area (Å²) in [5, 5.41) is 0. The monoisotopic (exact) mass is 269 g/mol. The molecule has 0 saturated carbocycles. The lowest BCUT2D eigenvalue weighted by molar-refractivity contribution is 0.0902. The van der Waals surface area contributed by atoms with Crippen molar-refractivity contribution in [3.05, 3.63) is 35.9 Å². The van der Waals surface area contributed by atoms with Crippen LogP contribution < -0.4 is 4.72 Å². The first-order valence-corrected chi connectivity index (χ1v) is 7.87. The average Bonchev–Trinajstić information content (AvgIpc) is 2.82. The van der Waals surface area contributed by atoms with Crippen LogP contribution in [-0.4, -0.2) is 27.2 Å². The molecule has 1 saturated heterocycles. The number of rotatable bonds is 5. The number of hydrogen-bond acceptors (Lipinski definition) is 3. The number of benzene rings is 1. The van der Waals surface area contributed by atoms with Gasteiger partial charge in [0, 0.05) is 12.6 Å². The summed E-state index contributed by atoms with van der Waals surface area (Å²) < 4.78 is 32.2. The van der Waals surface area contributed by atoms with Crippen molar-refractivity contribution in [3.8, 4) is 0 Å². The van der Waals surface area contributed by atoms with E-state index in [0.717, 1.165) is 25.0 Å². The second-order valence-electron chi connectivity index (χ2n) is 4.70. The molecule has 18 heavy (non-hydrogen) atoms. The summed E-state index contributed by atoms with van der Waals surface area (Å²) in [4.78, 5) is 0. The summed E-state index contributed by atoms with van der Waals surface area (Å²) in [6.45, 7) is 2.59. The average molecular weight is 269 g/mol. The van der Waals surface area contributed by atoms with Crippen LogP contribution in [0, 0.1) is 0 Å². The zero-order chi connectivity index (χ0) is 13.0. The highest BCUT2D eigenvalue weighted by Gasteiger charge is 2.26. The van der Waals surface area contributed by atoms with Crippen molar-refractivity contribution in [3.63, 3.8) is 0 Å². The van der Waals surface area contributed by atoms with Gasteiger partial charge in [-0.1, -0.05) is 30.3 Å². The Morgan fingerprint density at radius 3 is 2.72 bits per heavy atom. The van der Waals surface area contributed by atoms with E-state index in [-0.39, 0.29) is 17.9 Å². The molecule has 1 aliphatic rings. The van der Waals surface area contributed by atoms with Crippen LogP contribution in [0.15, 0.2) is 30.3 Å². The maximum absolute atomic E-state index is 12.0. The van der Waals surface area contributed by atoms with Crippen LogP contribution in [0.5, 0.6) is 0 Å². The largest absolute Gasteiger partial charge is 0.377 e. The summed E-state index contributed by atoms with van der Waals surface area (Å²) in [5.41, 5.74) is 0.796. The topological polar surface area (TPSA) is 55.4 Å². The van der Waals surface area contributed by atoms with E-state index in [1.54, 1.807) is 0 Å². The Balaban J connectivity index is 1.94. The fourth-order valence-corrected chi connectivity index (χ4v) is 3.62. The van der Waals surface area contributed by atoms with Crippen LogP contribution in [0.3, 0.4) is 0 Å². The van der Waals surface area contributed by atoms with Crippen molar-refractivity contribution in [2.24, 2.45) is 0 Å². The number of ether oxygens (including phenoxy) is 1. The predicted octanol–water partition coefficient (Wildman–Crippen LogP) is 1.67. The highest BCUT2D eigenvalue weighted by atomic mass is 32.2. The minimum atomic E-state index is -3.30. The smallest absolute Gasteiger partial charge is 0.216 e. The van der Waals surface area contributed by atoms with E-state index in [0.29, 0.717) is 0 Å². The second kappa shape index (κ2) is 5.82. The molecule has 0 aliphatic carbocycles. The molecule has 1 aliphatic heterocycles. The van der Waals surface area contributed by atoms with Crippen LogP contribution in [0.25, 0.3) is 0 Å². The molecule has 0 aromatic heterocycles. The summed E-state index contributed by atoms with van der Waals surface area (Å²) in [6, 6.07) is 9.02. The third-order valence-corrected chi connectivity index (χ3v) is 4.53. The highest BCUT2D eigenvalue weighted by Crippen LogP contribution is 2.16. The molecule has 0 spiro atoms. The molecule has 0 amide bonds. The van der Waals surface area contributed by atoms with E-state index in [1.807, 2.05) is 37.3 Å². The molecule has 1 aromatic carbocycles. The zero-order valence-corrected chi connectivity index (χ0v) is 11.3. The Hall–Kier alpha value is -0.910. The molecular weight excluding hydrogens is 250 g/mol. The summed E-state index contributed by atoms with van der Waals surface area (Å²) in [7, 11) is -3.30. The van der Waals surface area contributed by atoms with Gasteiger partial charge in [-0.05, 0) is 25.3 Å². The molecule has 0 bridgehead atoms. The second-order valence-corrected chi connectivity index (χ2v) is 6.46. The van der Waals surface area contributed by atoms with Crippen molar-refractivity contribution in [1.82, 2.24) is 4.72 Å². The van der Waals surface area contributed by atoms with Crippen molar-refractivity contribution >= 4 is 10.0 Å². The SMILES string of the molecule is CC(NS(=O)(=O)Cc1ccccc1)C1CCCO1. The molecule has 2 unspecified atom stereocenters. The quantitative estimate of drug-likeness (QED) is 0.884. The lowest BCUT2D eigenvalue weighted by Crippen LogP contribution is -2.41. The van der Waals surface area contributed by atoms with Gasteiger partial charge in [0.15, 0.2) is 0 Å². The minimum Gasteiger partial charge on any atom is -0.377 e. The lowest BCUT2D eigenvalue weighted by atomic mass is 10.1. The fraction of sp³-hybridized carbons (Fsp3) is 0.538. The van der Waals surface area contributed by atoms with Gasteiger partial charge in [-0.2, -0.15) is 0 Å². The Morgan fingerprint density at radius 2 is 2.11 bits per heavy atom. The molecule has 4 nitrogen and oxygen atoms in total. The van der Waals surface area contributed by atoms with Gasteiger partial charge in [0.1, 0.15) is 0 Å². The minimum absolute atomic E-state index is 0.00977. The molecule has 0 radical (unpaired) electrons. The molecule has 1 N–H and O–H groups in total. The van der Waals surface area contributed by atoms with Crippen molar-refractivity contribution < 1.29 is 13.2 Å². The van der Waals surface area contributed by atoms with Crippen LogP contribution in [0.4, 0.5) is 0 Å². The molecule has 1 aromatic rings. The van der Waals surface area contributed by atoms with Gasteiger partial charge in [-0.3, -0.25) is 0 Å². The summed E-state index contributed by atoms with van der Waals surface area (Å²) in [5.74, 6) is 0.0187. The van der Waals surface area contributed by atoms with E-state index in [4.69, 9.17) is 4.74 Å². The predicted molar refractivity (Wildman–Crippen MR) is 70.6 cm³/mol. The first kappa shape index (κ1) is 13.5. The third-order valence-electron chi connectivity index (χ3n) is 3.09. The number of sulfonamides is 1. The van der Waals surface area contributed by atoms with Gasteiger partial charge in [-0.25, -0.2) is 13.1 Å².